The van der Waals surface area contributed by atoms with Gasteiger partial charge in [-0.1, -0.05) is 11.6 Å². The number of benzene rings is 1. The number of pyridine rings is 1. The minimum Gasteiger partial charge on any atom is -0.343 e. The van der Waals surface area contributed by atoms with E-state index in [-0.39, 0.29) is 23.0 Å². The fourth-order valence-corrected chi connectivity index (χ4v) is 5.21. The van der Waals surface area contributed by atoms with Crippen molar-refractivity contribution in [3.8, 4) is 5.69 Å². The van der Waals surface area contributed by atoms with Crippen LogP contribution in [0.15, 0.2) is 30.3 Å². The highest BCUT2D eigenvalue weighted by Gasteiger charge is 2.50. The van der Waals surface area contributed by atoms with Gasteiger partial charge in [0, 0.05) is 6.04 Å². The molecule has 0 radical (unpaired) electrons. The van der Waals surface area contributed by atoms with Gasteiger partial charge in [0.2, 0.25) is 0 Å². The smallest absolute Gasteiger partial charge is 0.343 e. The van der Waals surface area contributed by atoms with Crippen LogP contribution in [0.5, 0.6) is 0 Å². The van der Waals surface area contributed by atoms with Crippen molar-refractivity contribution in [1.29, 1.82) is 0 Å². The Hall–Kier alpha value is -2.89. The van der Waals surface area contributed by atoms with Gasteiger partial charge in [-0.25, -0.2) is 19.0 Å². The fourth-order valence-electron chi connectivity index (χ4n) is 5.04. The second-order valence-electron chi connectivity index (χ2n) is 8.70. The highest BCUT2D eigenvalue weighted by atomic mass is 35.5. The third kappa shape index (κ3) is 4.21. The molecule has 5 nitrogen and oxygen atoms in total. The van der Waals surface area contributed by atoms with Gasteiger partial charge < -0.3 is 4.90 Å². The van der Waals surface area contributed by atoms with Crippen LogP contribution in [-0.4, -0.2) is 25.8 Å². The molecule has 0 unspecified atom stereocenters. The molecule has 2 fully saturated rings. The molecule has 0 amide bonds. The number of rotatable bonds is 3. The molecule has 186 valence electrons. The number of piperidine rings is 1. The Morgan fingerprint density at radius 1 is 0.971 bits per heavy atom. The van der Waals surface area contributed by atoms with Gasteiger partial charge in [0.15, 0.2) is 5.82 Å². The molecule has 1 aromatic carbocycles. The van der Waals surface area contributed by atoms with Crippen molar-refractivity contribution in [2.24, 2.45) is 5.92 Å². The van der Waals surface area contributed by atoms with Crippen molar-refractivity contribution in [3.63, 3.8) is 0 Å². The van der Waals surface area contributed by atoms with Crippen molar-refractivity contribution < 1.29 is 30.7 Å². The normalized spacial score (nSPS) is 22.3. The topological polar surface area (TPSA) is 46.8 Å². The van der Waals surface area contributed by atoms with Crippen molar-refractivity contribution >= 4 is 17.4 Å². The minimum absolute atomic E-state index is 0.0139. The van der Waals surface area contributed by atoms with Crippen LogP contribution >= 0.6 is 11.6 Å². The fraction of sp³-hybridized carbons (Fsp3) is 0.409. The van der Waals surface area contributed by atoms with Crippen LogP contribution in [0.3, 0.4) is 0 Å². The molecular formula is C22H17ClF7N5. The number of hydrogen-bond acceptors (Lipinski definition) is 4. The number of nitrogens with zero attached hydrogens (tertiary/aromatic N) is 5. The largest absolute Gasteiger partial charge is 0.433 e. The van der Waals surface area contributed by atoms with Crippen LogP contribution in [0, 0.1) is 18.7 Å². The van der Waals surface area contributed by atoms with Crippen LogP contribution < -0.4 is 4.90 Å². The lowest BCUT2D eigenvalue weighted by Crippen LogP contribution is -2.37. The number of anilines is 1. The monoisotopic (exact) mass is 519 g/mol. The first-order valence-electron chi connectivity index (χ1n) is 10.7. The third-order valence-corrected chi connectivity index (χ3v) is 6.72. The average molecular weight is 520 g/mol. The summed E-state index contributed by atoms with van der Waals surface area (Å²) in [5.74, 6) is -0.526. The molecule has 5 rings (SSSR count). The summed E-state index contributed by atoms with van der Waals surface area (Å²) in [5.41, 5.74) is -2.69. The van der Waals surface area contributed by atoms with E-state index in [0.717, 1.165) is 6.07 Å². The number of alkyl halides is 6. The number of aryl methyl sites for hydroxylation is 1. The zero-order chi connectivity index (χ0) is 25.3. The zero-order valence-corrected chi connectivity index (χ0v) is 18.8. The average Bonchev–Trinajstić information content (AvgIpc) is 3.48. The SMILES string of the molecule is Cc1nc([C@@H]2[C@H]3CC[C@H](C3)N2c2cc(C(F)(F)F)cc(C(F)(F)F)n2)n(-c2ccc(F)c(Cl)c2)n1. The Kier molecular flexibility index (Phi) is 5.50. The first kappa shape index (κ1) is 23.8. The maximum atomic E-state index is 13.7. The van der Waals surface area contributed by atoms with E-state index in [0.29, 0.717) is 42.7 Å². The summed E-state index contributed by atoms with van der Waals surface area (Å²) in [6, 6.07) is 3.55. The van der Waals surface area contributed by atoms with Crippen molar-refractivity contribution in [2.45, 2.75) is 50.6 Å². The first-order chi connectivity index (χ1) is 16.3. The highest BCUT2D eigenvalue weighted by molar-refractivity contribution is 6.30. The second kappa shape index (κ2) is 8.07. The Labute approximate surface area is 199 Å². The predicted molar refractivity (Wildman–Crippen MR) is 112 cm³/mol. The predicted octanol–water partition coefficient (Wildman–Crippen LogP) is 6.53. The Morgan fingerprint density at radius 3 is 2.37 bits per heavy atom. The molecule has 2 bridgehead atoms. The van der Waals surface area contributed by atoms with Gasteiger partial charge >= 0.3 is 12.4 Å². The van der Waals surface area contributed by atoms with Gasteiger partial charge in [0.25, 0.3) is 0 Å². The lowest BCUT2D eigenvalue weighted by Gasteiger charge is -2.36. The molecule has 2 aromatic heterocycles. The summed E-state index contributed by atoms with van der Waals surface area (Å²) in [7, 11) is 0. The molecule has 3 aromatic rings. The molecule has 35 heavy (non-hydrogen) atoms. The number of aromatic nitrogens is 4. The molecule has 1 aliphatic carbocycles. The summed E-state index contributed by atoms with van der Waals surface area (Å²) in [4.78, 5) is 9.55. The van der Waals surface area contributed by atoms with Gasteiger partial charge in [-0.2, -0.15) is 31.4 Å². The molecule has 1 saturated carbocycles. The number of halogens is 8. The van der Waals surface area contributed by atoms with Gasteiger partial charge in [0.1, 0.15) is 23.2 Å². The van der Waals surface area contributed by atoms with Crippen LogP contribution in [0.1, 0.15) is 48.2 Å². The quantitative estimate of drug-likeness (QED) is 0.369. The van der Waals surface area contributed by atoms with E-state index in [4.69, 9.17) is 11.6 Å². The summed E-state index contributed by atoms with van der Waals surface area (Å²) in [6.07, 6.45) is -8.19. The lowest BCUT2D eigenvalue weighted by atomic mass is 9.97. The highest BCUT2D eigenvalue weighted by Crippen LogP contribution is 2.52. The van der Waals surface area contributed by atoms with Crippen LogP contribution in [0.4, 0.5) is 36.6 Å². The maximum absolute atomic E-state index is 13.7. The Bertz CT molecular complexity index is 1250. The maximum Gasteiger partial charge on any atom is 0.433 e. The summed E-state index contributed by atoms with van der Waals surface area (Å²) < 4.78 is 96.1. The minimum atomic E-state index is -5.06. The molecule has 0 spiro atoms. The van der Waals surface area contributed by atoms with Crippen molar-refractivity contribution in [2.75, 3.05) is 4.90 Å². The second-order valence-corrected chi connectivity index (χ2v) is 9.11. The zero-order valence-electron chi connectivity index (χ0n) is 18.0. The number of hydrogen-bond donors (Lipinski definition) is 0. The molecule has 3 heterocycles. The molecule has 3 atom stereocenters. The summed E-state index contributed by atoms with van der Waals surface area (Å²) in [5, 5.41) is 4.17. The standard InChI is InChI=1S/C22H17ClF7N5/c1-10-31-20(35(33-10)14-4-5-16(24)15(23)9-14)19-11-2-3-13(6-11)34(19)18-8-12(21(25,26)27)7-17(32-18)22(28,29)30/h4-5,7-9,11,13,19H,2-3,6H2,1H3/t11-,13+,19-/m0/s1. The van der Waals surface area contributed by atoms with E-state index in [9.17, 15) is 30.7 Å². The summed E-state index contributed by atoms with van der Waals surface area (Å²) in [6.45, 7) is 1.60. The van der Waals surface area contributed by atoms with E-state index in [1.54, 1.807) is 6.92 Å². The van der Waals surface area contributed by atoms with Crippen molar-refractivity contribution in [3.05, 3.63) is 64.1 Å². The van der Waals surface area contributed by atoms with E-state index >= 15 is 0 Å². The van der Waals surface area contributed by atoms with E-state index in [1.165, 1.54) is 21.7 Å². The van der Waals surface area contributed by atoms with E-state index in [1.807, 2.05) is 0 Å². The third-order valence-electron chi connectivity index (χ3n) is 6.43. The summed E-state index contributed by atoms with van der Waals surface area (Å²) >= 11 is 5.92. The van der Waals surface area contributed by atoms with Gasteiger partial charge in [-0.15, -0.1) is 0 Å². The molecule has 2 aliphatic rings. The molecule has 1 aliphatic heterocycles. The molecule has 13 heteroatoms. The van der Waals surface area contributed by atoms with Crippen LogP contribution in [0.25, 0.3) is 5.69 Å². The Balaban J connectivity index is 1.66. The van der Waals surface area contributed by atoms with E-state index in [2.05, 4.69) is 15.1 Å². The molecule has 1 saturated heterocycles. The van der Waals surface area contributed by atoms with Gasteiger partial charge in [-0.05, 0) is 62.4 Å². The van der Waals surface area contributed by atoms with Gasteiger partial charge in [0.05, 0.1) is 22.3 Å². The van der Waals surface area contributed by atoms with Crippen LogP contribution in [0.2, 0.25) is 5.02 Å². The first-order valence-corrected chi connectivity index (χ1v) is 11.0. The van der Waals surface area contributed by atoms with Crippen molar-refractivity contribution in [1.82, 2.24) is 19.7 Å². The molecule has 0 N–H and O–H groups in total. The molecular weight excluding hydrogens is 503 g/mol. The number of fused-ring (bicyclic) bond motifs is 2. The van der Waals surface area contributed by atoms with Crippen LogP contribution in [-0.2, 0) is 12.4 Å². The Morgan fingerprint density at radius 2 is 1.71 bits per heavy atom. The van der Waals surface area contributed by atoms with E-state index < -0.39 is 41.3 Å². The lowest BCUT2D eigenvalue weighted by molar-refractivity contribution is -0.145. The van der Waals surface area contributed by atoms with Gasteiger partial charge in [-0.3, -0.25) is 0 Å².